The third-order valence-corrected chi connectivity index (χ3v) is 4.40. The van der Waals surface area contributed by atoms with Crippen molar-refractivity contribution in [3.8, 4) is 5.75 Å². The second-order valence-corrected chi connectivity index (χ2v) is 6.92. The quantitative estimate of drug-likeness (QED) is 0.733. The number of hydrogen-bond donors (Lipinski definition) is 1. The molecule has 0 fully saturated rings. The van der Waals surface area contributed by atoms with Gasteiger partial charge in [-0.05, 0) is 87.5 Å². The minimum atomic E-state index is -0.203. The highest BCUT2D eigenvalue weighted by Crippen LogP contribution is 2.32. The lowest BCUT2D eigenvalue weighted by atomic mass is 10.1. The van der Waals surface area contributed by atoms with Gasteiger partial charge in [-0.2, -0.15) is 0 Å². The van der Waals surface area contributed by atoms with Crippen LogP contribution in [0.1, 0.15) is 16.7 Å². The number of hydrogen-bond acceptors (Lipinski definition) is 2. The molecule has 0 aromatic heterocycles. The van der Waals surface area contributed by atoms with Gasteiger partial charge in [-0.1, -0.05) is 12.1 Å². The number of rotatable bonds is 4. The summed E-state index contributed by atoms with van der Waals surface area (Å²) in [6.45, 7) is 5.91. The fraction of sp³-hybridized carbons (Fsp3) is 0.235. The summed E-state index contributed by atoms with van der Waals surface area (Å²) in [5.41, 5.74) is 3.92. The molecule has 0 radical (unpaired) electrons. The average Bonchev–Trinajstić information content (AvgIpc) is 2.44. The Labute approximate surface area is 147 Å². The zero-order valence-corrected chi connectivity index (χ0v) is 15.8. The van der Waals surface area contributed by atoms with Crippen LogP contribution in [0.15, 0.2) is 39.3 Å². The van der Waals surface area contributed by atoms with E-state index >= 15 is 0 Å². The van der Waals surface area contributed by atoms with Gasteiger partial charge in [0.2, 0.25) is 0 Å². The Balaban J connectivity index is 2.03. The molecule has 0 aliphatic rings. The maximum atomic E-state index is 12.1. The van der Waals surface area contributed by atoms with Gasteiger partial charge in [-0.3, -0.25) is 4.79 Å². The molecule has 1 N–H and O–H groups in total. The number of halogens is 2. The molecule has 5 heteroatoms. The molecule has 0 saturated carbocycles. The molecule has 22 heavy (non-hydrogen) atoms. The van der Waals surface area contributed by atoms with Crippen molar-refractivity contribution in [3.63, 3.8) is 0 Å². The van der Waals surface area contributed by atoms with Gasteiger partial charge in [0.1, 0.15) is 5.75 Å². The van der Waals surface area contributed by atoms with E-state index in [0.29, 0.717) is 5.69 Å². The van der Waals surface area contributed by atoms with Crippen molar-refractivity contribution in [2.75, 3.05) is 11.9 Å². The van der Waals surface area contributed by atoms with Gasteiger partial charge in [-0.25, -0.2) is 0 Å². The van der Waals surface area contributed by atoms with Gasteiger partial charge in [0.05, 0.1) is 5.69 Å². The summed E-state index contributed by atoms with van der Waals surface area (Å²) in [5, 5.41) is 2.85. The van der Waals surface area contributed by atoms with E-state index in [9.17, 15) is 4.79 Å². The topological polar surface area (TPSA) is 38.3 Å². The second-order valence-electron chi connectivity index (χ2n) is 5.21. The van der Waals surface area contributed by atoms with Gasteiger partial charge in [0.15, 0.2) is 6.61 Å². The lowest BCUT2D eigenvalue weighted by Gasteiger charge is -2.13. The normalized spacial score (nSPS) is 10.4. The molecule has 0 aliphatic heterocycles. The van der Waals surface area contributed by atoms with E-state index < -0.39 is 0 Å². The van der Waals surface area contributed by atoms with Gasteiger partial charge < -0.3 is 10.1 Å². The van der Waals surface area contributed by atoms with Crippen molar-refractivity contribution in [2.45, 2.75) is 20.8 Å². The van der Waals surface area contributed by atoms with E-state index in [1.165, 1.54) is 0 Å². The highest BCUT2D eigenvalue weighted by atomic mass is 79.9. The van der Waals surface area contributed by atoms with E-state index in [2.05, 4.69) is 37.2 Å². The first-order valence-electron chi connectivity index (χ1n) is 6.82. The van der Waals surface area contributed by atoms with Gasteiger partial charge in [0.25, 0.3) is 5.91 Å². The highest BCUT2D eigenvalue weighted by Gasteiger charge is 2.11. The predicted octanol–water partition coefficient (Wildman–Crippen LogP) is 5.15. The predicted molar refractivity (Wildman–Crippen MR) is 96.6 cm³/mol. The molecule has 0 spiro atoms. The van der Waals surface area contributed by atoms with Crippen LogP contribution in [-0.4, -0.2) is 12.5 Å². The molecular formula is C17H17Br2NO2. The third kappa shape index (κ3) is 4.34. The Bertz CT molecular complexity index is 691. The van der Waals surface area contributed by atoms with Crippen LogP contribution in [0.4, 0.5) is 5.69 Å². The van der Waals surface area contributed by atoms with Crippen molar-refractivity contribution in [1.82, 2.24) is 0 Å². The van der Waals surface area contributed by atoms with E-state index in [1.807, 2.05) is 51.1 Å². The molecule has 0 atom stereocenters. The van der Waals surface area contributed by atoms with Crippen LogP contribution in [0.2, 0.25) is 0 Å². The summed E-state index contributed by atoms with van der Waals surface area (Å²) in [5.74, 6) is 0.531. The van der Waals surface area contributed by atoms with Crippen LogP contribution < -0.4 is 10.1 Å². The summed E-state index contributed by atoms with van der Waals surface area (Å²) in [6.07, 6.45) is 0. The monoisotopic (exact) mass is 425 g/mol. The molecule has 2 aromatic carbocycles. The zero-order chi connectivity index (χ0) is 16.3. The first-order valence-corrected chi connectivity index (χ1v) is 8.41. The summed E-state index contributed by atoms with van der Waals surface area (Å²) < 4.78 is 7.28. The Hall–Kier alpha value is -1.33. The number of benzene rings is 2. The van der Waals surface area contributed by atoms with Crippen LogP contribution in [-0.2, 0) is 4.79 Å². The fourth-order valence-corrected chi connectivity index (χ4v) is 3.61. The fourth-order valence-electron chi connectivity index (χ4n) is 2.00. The number of nitrogens with one attached hydrogen (secondary N) is 1. The molecule has 116 valence electrons. The van der Waals surface area contributed by atoms with Crippen LogP contribution in [0.5, 0.6) is 5.75 Å². The first kappa shape index (κ1) is 17.0. The lowest BCUT2D eigenvalue weighted by molar-refractivity contribution is -0.118. The molecule has 2 rings (SSSR count). The largest absolute Gasteiger partial charge is 0.483 e. The second kappa shape index (κ2) is 7.29. The van der Waals surface area contributed by atoms with Crippen LogP contribution in [0, 0.1) is 20.8 Å². The third-order valence-electron chi connectivity index (χ3n) is 3.15. The van der Waals surface area contributed by atoms with Crippen molar-refractivity contribution >= 4 is 43.5 Å². The van der Waals surface area contributed by atoms with Gasteiger partial charge in [-0.15, -0.1) is 0 Å². The van der Waals surface area contributed by atoms with Crippen molar-refractivity contribution in [3.05, 3.63) is 56.0 Å². The van der Waals surface area contributed by atoms with E-state index in [4.69, 9.17) is 4.74 Å². The molecule has 0 saturated heterocycles. The van der Waals surface area contributed by atoms with Crippen LogP contribution in [0.25, 0.3) is 0 Å². The summed E-state index contributed by atoms with van der Waals surface area (Å²) in [7, 11) is 0. The molecule has 0 bridgehead atoms. The van der Waals surface area contributed by atoms with Gasteiger partial charge >= 0.3 is 0 Å². The van der Waals surface area contributed by atoms with Crippen LogP contribution in [0.3, 0.4) is 0 Å². The first-order chi connectivity index (χ1) is 10.4. The lowest BCUT2D eigenvalue weighted by Crippen LogP contribution is -2.21. The Kier molecular flexibility index (Phi) is 5.64. The zero-order valence-electron chi connectivity index (χ0n) is 12.7. The van der Waals surface area contributed by atoms with Crippen molar-refractivity contribution in [2.24, 2.45) is 0 Å². The molecule has 0 heterocycles. The highest BCUT2D eigenvalue weighted by molar-refractivity contribution is 9.11. The number of amides is 1. The summed E-state index contributed by atoms with van der Waals surface area (Å²) in [4.78, 5) is 12.1. The van der Waals surface area contributed by atoms with E-state index in [0.717, 1.165) is 31.4 Å². The molecule has 1 amide bonds. The Morgan fingerprint density at radius 2 is 1.68 bits per heavy atom. The molecule has 3 nitrogen and oxygen atoms in total. The Morgan fingerprint density at radius 3 is 2.32 bits per heavy atom. The van der Waals surface area contributed by atoms with Crippen LogP contribution >= 0.6 is 31.9 Å². The van der Waals surface area contributed by atoms with Gasteiger partial charge in [0, 0.05) is 8.95 Å². The standard InChI is InChI=1S/C17H17Br2NO2/c1-10-4-5-12(3)15(8-10)22-9-16(21)20-17-13(18)6-11(2)7-14(17)19/h4-8H,9H2,1-3H3,(H,20,21). The number of carbonyl (C=O) groups excluding carboxylic acids is 1. The smallest absolute Gasteiger partial charge is 0.262 e. The summed E-state index contributed by atoms with van der Waals surface area (Å²) in [6, 6.07) is 9.83. The van der Waals surface area contributed by atoms with E-state index in [1.54, 1.807) is 0 Å². The summed E-state index contributed by atoms with van der Waals surface area (Å²) >= 11 is 6.92. The number of aryl methyl sites for hydroxylation is 3. The average molecular weight is 427 g/mol. The number of anilines is 1. The maximum Gasteiger partial charge on any atom is 0.262 e. The minimum absolute atomic E-state index is 0.0307. The molecule has 0 unspecified atom stereocenters. The van der Waals surface area contributed by atoms with Crippen molar-refractivity contribution < 1.29 is 9.53 Å². The Morgan fingerprint density at radius 1 is 1.05 bits per heavy atom. The number of carbonyl (C=O) groups is 1. The maximum absolute atomic E-state index is 12.1. The minimum Gasteiger partial charge on any atom is -0.483 e. The molecular weight excluding hydrogens is 410 g/mol. The molecule has 0 aliphatic carbocycles. The molecule has 2 aromatic rings. The van der Waals surface area contributed by atoms with E-state index in [-0.39, 0.29) is 12.5 Å². The SMILES string of the molecule is Cc1cc(Br)c(NC(=O)COc2cc(C)ccc2C)c(Br)c1. The number of ether oxygens (including phenoxy) is 1. The van der Waals surface area contributed by atoms with Crippen molar-refractivity contribution in [1.29, 1.82) is 0 Å².